The minimum absolute atomic E-state index is 0.872. The van der Waals surface area contributed by atoms with Crippen molar-refractivity contribution >= 4 is 22.7 Å². The van der Waals surface area contributed by atoms with Crippen molar-refractivity contribution in [1.29, 1.82) is 0 Å². The summed E-state index contributed by atoms with van der Waals surface area (Å²) in [5, 5.41) is 2.64. The highest BCUT2D eigenvalue weighted by atomic mass is 32.2. The van der Waals surface area contributed by atoms with Crippen molar-refractivity contribution in [3.05, 3.63) is 77.4 Å². The highest BCUT2D eigenvalue weighted by Gasteiger charge is 2.14. The Hall–Kier alpha value is -1.85. The summed E-state index contributed by atoms with van der Waals surface area (Å²) < 4.78 is 8.03. The summed E-state index contributed by atoms with van der Waals surface area (Å²) in [6.45, 7) is 11.4. The van der Waals surface area contributed by atoms with E-state index in [-0.39, 0.29) is 0 Å². The average Bonchev–Trinajstić information content (AvgIpc) is 2.74. The molecule has 4 rings (SSSR count). The molecule has 0 spiro atoms. The molecule has 1 aliphatic rings. The molecule has 4 heteroatoms. The second-order valence-corrected chi connectivity index (χ2v) is 9.37. The highest BCUT2D eigenvalue weighted by Crippen LogP contribution is 2.31. The lowest BCUT2D eigenvalue weighted by atomic mass is 10.1. The first-order valence-corrected chi connectivity index (χ1v) is 11.7. The standard InChI is InChI=1S/C26H32N2OS/c1-21-17-22(2)19-23(18-21)20-28(12-6-11-27-13-15-29-16-14-27)30-26-10-5-8-24-7-3-4-9-25(24)26/h3-5,7-10,17-19H,6,11-16,20H2,1-2H3. The zero-order valence-corrected chi connectivity index (χ0v) is 19.0. The van der Waals surface area contributed by atoms with Crippen LogP contribution in [0.25, 0.3) is 10.8 Å². The van der Waals surface area contributed by atoms with Gasteiger partial charge in [-0.15, -0.1) is 0 Å². The molecule has 0 radical (unpaired) electrons. The van der Waals surface area contributed by atoms with E-state index in [9.17, 15) is 0 Å². The van der Waals surface area contributed by atoms with E-state index in [1.54, 1.807) is 0 Å². The van der Waals surface area contributed by atoms with Crippen LogP contribution < -0.4 is 0 Å². The number of morpholine rings is 1. The highest BCUT2D eigenvalue weighted by molar-refractivity contribution is 7.97. The maximum Gasteiger partial charge on any atom is 0.0594 e. The van der Waals surface area contributed by atoms with Gasteiger partial charge in [0.25, 0.3) is 0 Å². The summed E-state index contributed by atoms with van der Waals surface area (Å²) in [6, 6.07) is 22.2. The van der Waals surface area contributed by atoms with Crippen LogP contribution in [0.5, 0.6) is 0 Å². The molecule has 1 aliphatic heterocycles. The first-order chi connectivity index (χ1) is 14.7. The van der Waals surface area contributed by atoms with Gasteiger partial charge in [-0.3, -0.25) is 4.90 Å². The van der Waals surface area contributed by atoms with Gasteiger partial charge in [0.15, 0.2) is 0 Å². The van der Waals surface area contributed by atoms with E-state index in [0.29, 0.717) is 0 Å². The van der Waals surface area contributed by atoms with Gasteiger partial charge in [0.2, 0.25) is 0 Å². The summed E-state index contributed by atoms with van der Waals surface area (Å²) in [7, 11) is 0. The molecule has 0 aromatic heterocycles. The maximum absolute atomic E-state index is 5.49. The van der Waals surface area contributed by atoms with Crippen LogP contribution in [-0.2, 0) is 11.3 Å². The van der Waals surface area contributed by atoms with E-state index >= 15 is 0 Å². The van der Waals surface area contributed by atoms with Crippen molar-refractivity contribution in [1.82, 2.24) is 9.21 Å². The first kappa shape index (κ1) is 21.4. The van der Waals surface area contributed by atoms with Gasteiger partial charge < -0.3 is 4.74 Å². The third-order valence-electron chi connectivity index (χ3n) is 5.60. The fourth-order valence-electron chi connectivity index (χ4n) is 4.23. The number of aryl methyl sites for hydroxylation is 2. The normalized spacial score (nSPS) is 15.2. The van der Waals surface area contributed by atoms with E-state index in [2.05, 4.69) is 83.7 Å². The Morgan fingerprint density at radius 2 is 1.67 bits per heavy atom. The van der Waals surface area contributed by atoms with Gasteiger partial charge in [-0.05, 0) is 61.2 Å². The van der Waals surface area contributed by atoms with Crippen LogP contribution in [0, 0.1) is 13.8 Å². The van der Waals surface area contributed by atoms with Crippen molar-refractivity contribution < 1.29 is 4.74 Å². The monoisotopic (exact) mass is 420 g/mol. The minimum atomic E-state index is 0.872. The second kappa shape index (κ2) is 10.5. The number of rotatable bonds is 8. The fraction of sp³-hybridized carbons (Fsp3) is 0.385. The summed E-state index contributed by atoms with van der Waals surface area (Å²) in [5.74, 6) is 0. The number of ether oxygens (including phenoxy) is 1. The molecule has 0 unspecified atom stereocenters. The molecule has 0 saturated carbocycles. The Morgan fingerprint density at radius 3 is 2.47 bits per heavy atom. The van der Waals surface area contributed by atoms with Crippen molar-refractivity contribution in [3.8, 4) is 0 Å². The quantitative estimate of drug-likeness (QED) is 0.435. The molecule has 158 valence electrons. The lowest BCUT2D eigenvalue weighted by Crippen LogP contribution is -2.37. The summed E-state index contributed by atoms with van der Waals surface area (Å²) in [6.07, 6.45) is 1.17. The van der Waals surface area contributed by atoms with Crippen LogP contribution in [0.1, 0.15) is 23.1 Å². The SMILES string of the molecule is Cc1cc(C)cc(CN(CCCN2CCOCC2)Sc2cccc3ccccc23)c1. The molecule has 0 atom stereocenters. The Bertz CT molecular complexity index is 943. The molecule has 1 heterocycles. The molecule has 1 fully saturated rings. The number of hydrogen-bond acceptors (Lipinski definition) is 4. The largest absolute Gasteiger partial charge is 0.379 e. The molecule has 0 amide bonds. The maximum atomic E-state index is 5.49. The smallest absolute Gasteiger partial charge is 0.0594 e. The zero-order valence-electron chi connectivity index (χ0n) is 18.1. The van der Waals surface area contributed by atoms with E-state index in [0.717, 1.165) is 45.9 Å². The Balaban J connectivity index is 1.49. The van der Waals surface area contributed by atoms with Crippen LogP contribution in [-0.4, -0.2) is 48.6 Å². The van der Waals surface area contributed by atoms with Gasteiger partial charge in [0.1, 0.15) is 0 Å². The van der Waals surface area contributed by atoms with Crippen LogP contribution >= 0.6 is 11.9 Å². The minimum Gasteiger partial charge on any atom is -0.379 e. The predicted molar refractivity (Wildman–Crippen MR) is 128 cm³/mol. The van der Waals surface area contributed by atoms with E-state index in [4.69, 9.17) is 4.74 Å². The Morgan fingerprint density at radius 1 is 0.933 bits per heavy atom. The molecule has 3 aromatic carbocycles. The van der Waals surface area contributed by atoms with Crippen LogP contribution in [0.3, 0.4) is 0 Å². The van der Waals surface area contributed by atoms with Gasteiger partial charge in [-0.25, -0.2) is 4.31 Å². The molecule has 0 aliphatic carbocycles. The van der Waals surface area contributed by atoms with Gasteiger partial charge in [-0.1, -0.05) is 65.7 Å². The summed E-state index contributed by atoms with van der Waals surface area (Å²) >= 11 is 1.90. The van der Waals surface area contributed by atoms with Crippen molar-refractivity contribution in [2.75, 3.05) is 39.4 Å². The molecule has 0 bridgehead atoms. The predicted octanol–water partition coefficient (Wildman–Crippen LogP) is 5.69. The zero-order chi connectivity index (χ0) is 20.8. The van der Waals surface area contributed by atoms with E-state index in [1.807, 2.05) is 11.9 Å². The molecule has 3 aromatic rings. The van der Waals surface area contributed by atoms with Gasteiger partial charge in [0, 0.05) is 31.1 Å². The second-order valence-electron chi connectivity index (χ2n) is 8.24. The fourth-order valence-corrected chi connectivity index (χ4v) is 5.37. The third-order valence-corrected chi connectivity index (χ3v) is 6.73. The number of benzene rings is 3. The first-order valence-electron chi connectivity index (χ1n) is 11.0. The van der Waals surface area contributed by atoms with Gasteiger partial charge in [0.05, 0.1) is 13.2 Å². The topological polar surface area (TPSA) is 15.7 Å². The molecular formula is C26H32N2OS. The Kier molecular flexibility index (Phi) is 7.45. The van der Waals surface area contributed by atoms with Crippen molar-refractivity contribution in [2.24, 2.45) is 0 Å². The van der Waals surface area contributed by atoms with Crippen molar-refractivity contribution in [2.45, 2.75) is 31.7 Å². The van der Waals surface area contributed by atoms with Crippen LogP contribution in [0.15, 0.2) is 65.6 Å². The summed E-state index contributed by atoms with van der Waals surface area (Å²) in [5.41, 5.74) is 4.08. The lowest BCUT2D eigenvalue weighted by molar-refractivity contribution is 0.0369. The molecule has 30 heavy (non-hydrogen) atoms. The van der Waals surface area contributed by atoms with Crippen LogP contribution in [0.4, 0.5) is 0 Å². The van der Waals surface area contributed by atoms with Crippen molar-refractivity contribution in [3.63, 3.8) is 0 Å². The molecular weight excluding hydrogens is 388 g/mol. The Labute approximate surface area is 185 Å². The van der Waals surface area contributed by atoms with E-state index < -0.39 is 0 Å². The van der Waals surface area contributed by atoms with Gasteiger partial charge in [-0.2, -0.15) is 0 Å². The van der Waals surface area contributed by atoms with Crippen LogP contribution in [0.2, 0.25) is 0 Å². The average molecular weight is 421 g/mol. The number of hydrogen-bond donors (Lipinski definition) is 0. The van der Waals surface area contributed by atoms with Gasteiger partial charge >= 0.3 is 0 Å². The third kappa shape index (κ3) is 5.86. The summed E-state index contributed by atoms with van der Waals surface area (Å²) in [4.78, 5) is 3.87. The van der Waals surface area contributed by atoms with E-state index in [1.165, 1.54) is 38.8 Å². The number of fused-ring (bicyclic) bond motifs is 1. The molecule has 1 saturated heterocycles. The molecule has 3 nitrogen and oxygen atoms in total. The lowest BCUT2D eigenvalue weighted by Gasteiger charge is -2.28. The molecule has 0 N–H and O–H groups in total. The number of nitrogens with zero attached hydrogens (tertiary/aromatic N) is 2.